The number of rotatable bonds is 4. The highest BCUT2D eigenvalue weighted by Gasteiger charge is 2.32. The van der Waals surface area contributed by atoms with Gasteiger partial charge in [0.2, 0.25) is 0 Å². The molecule has 0 bridgehead atoms. The molecule has 1 aromatic heterocycles. The Labute approximate surface area is 119 Å². The normalized spacial score (nSPS) is 18.6. The van der Waals surface area contributed by atoms with Crippen molar-refractivity contribution in [3.05, 3.63) is 29.1 Å². The van der Waals surface area contributed by atoms with Gasteiger partial charge in [0.15, 0.2) is 0 Å². The van der Waals surface area contributed by atoms with Crippen LogP contribution in [-0.2, 0) is 14.9 Å². The molecule has 6 nitrogen and oxygen atoms in total. The minimum atomic E-state index is -4.38. The van der Waals surface area contributed by atoms with E-state index in [0.717, 1.165) is 16.7 Å². The minimum absolute atomic E-state index is 0.228. The third-order valence-electron chi connectivity index (χ3n) is 2.26. The summed E-state index contributed by atoms with van der Waals surface area (Å²) in [6.45, 7) is -0.230. The highest BCUT2D eigenvalue weighted by atomic mass is 32.2. The van der Waals surface area contributed by atoms with E-state index in [1.54, 1.807) is 12.1 Å². The second-order valence-electron chi connectivity index (χ2n) is 3.61. The highest BCUT2D eigenvalue weighted by molar-refractivity contribution is 8.26. The van der Waals surface area contributed by atoms with Gasteiger partial charge in [-0.3, -0.25) is 9.69 Å². The molecule has 0 spiro atoms. The molecule has 1 aliphatic heterocycles. The van der Waals surface area contributed by atoms with Gasteiger partial charge in [0.1, 0.15) is 10.1 Å². The van der Waals surface area contributed by atoms with Crippen LogP contribution in [-0.4, -0.2) is 40.4 Å². The summed E-state index contributed by atoms with van der Waals surface area (Å²) in [4.78, 5) is 13.4. The van der Waals surface area contributed by atoms with Crippen molar-refractivity contribution in [2.75, 3.05) is 12.3 Å². The van der Waals surface area contributed by atoms with Crippen molar-refractivity contribution in [2.24, 2.45) is 0 Å². The van der Waals surface area contributed by atoms with Gasteiger partial charge in [-0.1, -0.05) is 24.0 Å². The lowest BCUT2D eigenvalue weighted by molar-refractivity contribution is -0.121. The summed E-state index contributed by atoms with van der Waals surface area (Å²) in [7, 11) is -4.38. The Balaban J connectivity index is 2.13. The summed E-state index contributed by atoms with van der Waals surface area (Å²) in [5, 5.41) is 0. The molecule has 0 atom stereocenters. The standard InChI is InChI=1S/C10H9NO5S3/c12-9-8(6-7-2-1-4-16-7)18-10(17)11(9)3-5-19(13,14)15/h1-2,4,6H,3,5H2,(H,13,14,15)/p-1/b8-6+. The van der Waals surface area contributed by atoms with Crippen LogP contribution in [0, 0.1) is 0 Å². The minimum Gasteiger partial charge on any atom is -0.748 e. The van der Waals surface area contributed by atoms with Crippen molar-refractivity contribution in [1.82, 2.24) is 4.90 Å². The Morgan fingerprint density at radius 2 is 2.26 bits per heavy atom. The van der Waals surface area contributed by atoms with Gasteiger partial charge >= 0.3 is 0 Å². The second-order valence-corrected chi connectivity index (χ2v) is 6.81. The number of hydrogen-bond donors (Lipinski definition) is 0. The van der Waals surface area contributed by atoms with Crippen LogP contribution >= 0.6 is 24.0 Å². The molecule has 0 aliphatic carbocycles. The van der Waals surface area contributed by atoms with E-state index in [1.807, 2.05) is 0 Å². The fraction of sp³-hybridized carbons (Fsp3) is 0.200. The Bertz CT molecular complexity index is 632. The molecule has 0 radical (unpaired) electrons. The lowest BCUT2D eigenvalue weighted by Gasteiger charge is -2.15. The predicted octanol–water partition coefficient (Wildman–Crippen LogP) is 1.03. The van der Waals surface area contributed by atoms with E-state index in [1.165, 1.54) is 12.3 Å². The predicted molar refractivity (Wildman–Crippen MR) is 73.2 cm³/mol. The number of carbonyl (C=O) groups is 1. The first-order valence-corrected chi connectivity index (χ1v) is 7.89. The quantitative estimate of drug-likeness (QED) is 0.465. The van der Waals surface area contributed by atoms with E-state index in [0.29, 0.717) is 10.7 Å². The van der Waals surface area contributed by atoms with Crippen LogP contribution in [0.25, 0.3) is 6.08 Å². The third-order valence-corrected chi connectivity index (χ3v) is 4.32. The van der Waals surface area contributed by atoms with Crippen LogP contribution in [0.3, 0.4) is 0 Å². The number of carbonyl (C=O) groups excluding carboxylic acids is 1. The van der Waals surface area contributed by atoms with E-state index in [2.05, 4.69) is 0 Å². The van der Waals surface area contributed by atoms with Crippen molar-refractivity contribution < 1.29 is 22.2 Å². The summed E-state index contributed by atoms with van der Waals surface area (Å²) in [5.41, 5.74) is 0. The topological polar surface area (TPSA) is 90.7 Å². The van der Waals surface area contributed by atoms with Crippen molar-refractivity contribution >= 4 is 50.4 Å². The fourth-order valence-corrected chi connectivity index (χ4v) is 3.09. The molecule has 0 unspecified atom stereocenters. The van der Waals surface area contributed by atoms with Gasteiger partial charge in [-0.15, -0.1) is 0 Å². The molecule has 0 aromatic carbocycles. The Morgan fingerprint density at radius 1 is 1.53 bits per heavy atom. The van der Waals surface area contributed by atoms with Crippen molar-refractivity contribution in [3.8, 4) is 0 Å². The Morgan fingerprint density at radius 3 is 2.84 bits per heavy atom. The SMILES string of the molecule is O=C1/C(=C\c2ccco2)SC(=S)N1CCS(=O)(=O)[O-]. The lowest BCUT2D eigenvalue weighted by atomic mass is 10.3. The number of nitrogens with zero attached hydrogens (tertiary/aromatic N) is 1. The van der Waals surface area contributed by atoms with Crippen LogP contribution < -0.4 is 0 Å². The van der Waals surface area contributed by atoms with Crippen molar-refractivity contribution in [3.63, 3.8) is 0 Å². The molecular formula is C10H8NO5S3-. The monoisotopic (exact) mass is 318 g/mol. The molecular weight excluding hydrogens is 310 g/mol. The third kappa shape index (κ3) is 3.66. The van der Waals surface area contributed by atoms with Crippen LogP contribution in [0.1, 0.15) is 5.76 Å². The van der Waals surface area contributed by atoms with Gasteiger partial charge in [0.05, 0.1) is 27.0 Å². The van der Waals surface area contributed by atoms with Crippen LogP contribution in [0.15, 0.2) is 27.7 Å². The molecule has 2 heterocycles. The number of thioether (sulfide) groups is 1. The molecule has 9 heteroatoms. The molecule has 102 valence electrons. The first kappa shape index (κ1) is 14.3. The first-order chi connectivity index (χ1) is 8.87. The van der Waals surface area contributed by atoms with Gasteiger partial charge in [0, 0.05) is 12.6 Å². The molecule has 1 aromatic rings. The summed E-state index contributed by atoms with van der Waals surface area (Å²) < 4.78 is 37.0. The smallest absolute Gasteiger partial charge is 0.266 e. The molecule has 0 N–H and O–H groups in total. The van der Waals surface area contributed by atoms with E-state index in [4.69, 9.17) is 16.6 Å². The maximum Gasteiger partial charge on any atom is 0.266 e. The van der Waals surface area contributed by atoms with Gasteiger partial charge < -0.3 is 8.97 Å². The van der Waals surface area contributed by atoms with Crippen LogP contribution in [0.5, 0.6) is 0 Å². The molecule has 0 saturated carbocycles. The zero-order valence-corrected chi connectivity index (χ0v) is 11.9. The number of amides is 1. The van der Waals surface area contributed by atoms with Gasteiger partial charge in [-0.25, -0.2) is 8.42 Å². The highest BCUT2D eigenvalue weighted by Crippen LogP contribution is 2.32. The average Bonchev–Trinajstić information content (AvgIpc) is 2.87. The van der Waals surface area contributed by atoms with E-state index < -0.39 is 21.8 Å². The van der Waals surface area contributed by atoms with E-state index in [-0.39, 0.29) is 10.9 Å². The van der Waals surface area contributed by atoms with Crippen molar-refractivity contribution in [1.29, 1.82) is 0 Å². The molecule has 1 saturated heterocycles. The zero-order valence-electron chi connectivity index (χ0n) is 9.44. The van der Waals surface area contributed by atoms with Gasteiger partial charge in [-0.05, 0) is 12.1 Å². The second kappa shape index (κ2) is 5.45. The summed E-state index contributed by atoms with van der Waals surface area (Å²) in [6, 6.07) is 3.35. The van der Waals surface area contributed by atoms with E-state index in [9.17, 15) is 17.8 Å². The summed E-state index contributed by atoms with van der Waals surface area (Å²) in [6.07, 6.45) is 2.99. The molecule has 1 amide bonds. The first-order valence-electron chi connectivity index (χ1n) is 5.09. The fourth-order valence-electron chi connectivity index (χ4n) is 1.40. The zero-order chi connectivity index (χ0) is 14.0. The van der Waals surface area contributed by atoms with Crippen LogP contribution in [0.4, 0.5) is 0 Å². The maximum atomic E-state index is 12.0. The van der Waals surface area contributed by atoms with Gasteiger partial charge in [-0.2, -0.15) is 0 Å². The number of furan rings is 1. The van der Waals surface area contributed by atoms with Crippen molar-refractivity contribution in [2.45, 2.75) is 0 Å². The number of thiocarbonyl (C=S) groups is 1. The van der Waals surface area contributed by atoms with E-state index >= 15 is 0 Å². The molecule has 1 fully saturated rings. The van der Waals surface area contributed by atoms with Crippen LogP contribution in [0.2, 0.25) is 0 Å². The maximum absolute atomic E-state index is 12.0. The molecule has 19 heavy (non-hydrogen) atoms. The largest absolute Gasteiger partial charge is 0.748 e. The Hall–Kier alpha value is -1.16. The molecule has 2 rings (SSSR count). The summed E-state index contributed by atoms with van der Waals surface area (Å²) >= 11 is 6.02. The van der Waals surface area contributed by atoms with Gasteiger partial charge in [0.25, 0.3) is 5.91 Å². The lowest BCUT2D eigenvalue weighted by Crippen LogP contribution is -2.32. The number of hydrogen-bond acceptors (Lipinski definition) is 7. The molecule has 1 aliphatic rings. The average molecular weight is 318 g/mol. The summed E-state index contributed by atoms with van der Waals surface area (Å²) in [5.74, 6) is -0.583. The Kier molecular flexibility index (Phi) is 4.09.